The van der Waals surface area contributed by atoms with Crippen molar-refractivity contribution in [2.45, 2.75) is 39.8 Å². The van der Waals surface area contributed by atoms with E-state index in [4.69, 9.17) is 14.2 Å². The Labute approximate surface area is 128 Å². The van der Waals surface area contributed by atoms with E-state index in [2.05, 4.69) is 24.4 Å². The average Bonchev–Trinajstić information content (AvgIpc) is 2.47. The molecule has 0 saturated carbocycles. The van der Waals surface area contributed by atoms with Crippen LogP contribution in [0.1, 0.15) is 32.8 Å². The van der Waals surface area contributed by atoms with Gasteiger partial charge < -0.3 is 19.5 Å². The first-order chi connectivity index (χ1) is 10.2. The van der Waals surface area contributed by atoms with E-state index in [9.17, 15) is 0 Å². The smallest absolute Gasteiger partial charge is 0.119 e. The van der Waals surface area contributed by atoms with Crippen LogP contribution in [0.15, 0.2) is 24.3 Å². The van der Waals surface area contributed by atoms with Crippen LogP contribution in [-0.2, 0) is 16.0 Å². The molecule has 0 fully saturated rings. The van der Waals surface area contributed by atoms with Gasteiger partial charge in [0, 0.05) is 6.54 Å². The molecule has 0 heterocycles. The summed E-state index contributed by atoms with van der Waals surface area (Å²) in [6.07, 6.45) is 1.41. The normalized spacial score (nSPS) is 11.0. The first-order valence-corrected chi connectivity index (χ1v) is 7.84. The van der Waals surface area contributed by atoms with Crippen molar-refractivity contribution in [2.75, 3.05) is 33.0 Å². The maximum atomic E-state index is 5.69. The van der Waals surface area contributed by atoms with E-state index in [-0.39, 0.29) is 6.10 Å². The van der Waals surface area contributed by atoms with Gasteiger partial charge >= 0.3 is 0 Å². The molecule has 0 bridgehead atoms. The lowest BCUT2D eigenvalue weighted by Crippen LogP contribution is -2.14. The summed E-state index contributed by atoms with van der Waals surface area (Å²) in [5.41, 5.74) is 1.24. The fourth-order valence-electron chi connectivity index (χ4n) is 1.82. The van der Waals surface area contributed by atoms with Crippen molar-refractivity contribution in [3.8, 4) is 5.75 Å². The molecule has 0 spiro atoms. The Morgan fingerprint density at radius 1 is 1.10 bits per heavy atom. The molecule has 4 heteroatoms. The SMILES string of the molecule is CCCNCc1cccc(OCCOCCOC(C)C)c1. The fraction of sp³-hybridized carbons (Fsp3) is 0.647. The first-order valence-electron chi connectivity index (χ1n) is 7.84. The van der Waals surface area contributed by atoms with Crippen LogP contribution in [0, 0.1) is 0 Å². The third-order valence-corrected chi connectivity index (χ3v) is 2.83. The number of rotatable bonds is 12. The van der Waals surface area contributed by atoms with Gasteiger partial charge in [-0.3, -0.25) is 0 Å². The van der Waals surface area contributed by atoms with E-state index in [0.29, 0.717) is 26.4 Å². The number of ether oxygens (including phenoxy) is 3. The van der Waals surface area contributed by atoms with E-state index in [1.165, 1.54) is 5.56 Å². The quantitative estimate of drug-likeness (QED) is 0.602. The lowest BCUT2D eigenvalue weighted by molar-refractivity contribution is 0.0124. The summed E-state index contributed by atoms with van der Waals surface area (Å²) in [5.74, 6) is 0.896. The van der Waals surface area contributed by atoms with Gasteiger partial charge in [0.15, 0.2) is 0 Å². The van der Waals surface area contributed by atoms with E-state index >= 15 is 0 Å². The molecule has 0 amide bonds. The predicted octanol–water partition coefficient (Wildman–Crippen LogP) is 3.01. The third-order valence-electron chi connectivity index (χ3n) is 2.83. The zero-order valence-corrected chi connectivity index (χ0v) is 13.6. The maximum Gasteiger partial charge on any atom is 0.119 e. The molecule has 0 radical (unpaired) electrons. The molecule has 1 aromatic rings. The lowest BCUT2D eigenvalue weighted by atomic mass is 10.2. The standard InChI is InChI=1S/C17H29NO3/c1-4-8-18-14-16-6-5-7-17(13-16)21-12-10-19-9-11-20-15(2)3/h5-7,13,15,18H,4,8-12,14H2,1-3H3. The minimum Gasteiger partial charge on any atom is -0.491 e. The molecule has 0 unspecified atom stereocenters. The maximum absolute atomic E-state index is 5.69. The predicted molar refractivity (Wildman–Crippen MR) is 85.8 cm³/mol. The number of hydrogen-bond acceptors (Lipinski definition) is 4. The minimum atomic E-state index is 0.258. The topological polar surface area (TPSA) is 39.7 Å². The Morgan fingerprint density at radius 3 is 2.67 bits per heavy atom. The number of benzene rings is 1. The van der Waals surface area contributed by atoms with E-state index in [1.54, 1.807) is 0 Å². The van der Waals surface area contributed by atoms with Crippen LogP contribution in [0.25, 0.3) is 0 Å². The second-order valence-electron chi connectivity index (χ2n) is 5.20. The molecule has 4 nitrogen and oxygen atoms in total. The molecular weight excluding hydrogens is 266 g/mol. The molecule has 0 aliphatic carbocycles. The van der Waals surface area contributed by atoms with E-state index in [1.807, 2.05) is 26.0 Å². The van der Waals surface area contributed by atoms with Crippen LogP contribution in [0.2, 0.25) is 0 Å². The third kappa shape index (κ3) is 9.45. The highest BCUT2D eigenvalue weighted by atomic mass is 16.5. The summed E-state index contributed by atoms with van der Waals surface area (Å²) >= 11 is 0. The van der Waals surface area contributed by atoms with Crippen molar-refractivity contribution < 1.29 is 14.2 Å². The number of hydrogen-bond donors (Lipinski definition) is 1. The molecule has 21 heavy (non-hydrogen) atoms. The zero-order valence-electron chi connectivity index (χ0n) is 13.6. The van der Waals surface area contributed by atoms with Crippen LogP contribution in [0.5, 0.6) is 5.75 Å². The van der Waals surface area contributed by atoms with Gasteiger partial charge in [-0.1, -0.05) is 19.1 Å². The van der Waals surface area contributed by atoms with Crippen molar-refractivity contribution >= 4 is 0 Å². The Bertz CT molecular complexity index is 369. The Kier molecular flexibility index (Phi) is 9.87. The molecule has 0 aromatic heterocycles. The highest BCUT2D eigenvalue weighted by Crippen LogP contribution is 2.13. The summed E-state index contributed by atoms with van der Waals surface area (Å²) in [6.45, 7) is 10.5. The van der Waals surface area contributed by atoms with Gasteiger partial charge in [-0.05, 0) is 44.5 Å². The molecule has 0 aliphatic heterocycles. The van der Waals surface area contributed by atoms with Crippen LogP contribution in [-0.4, -0.2) is 39.1 Å². The molecule has 1 rings (SSSR count). The van der Waals surface area contributed by atoms with Gasteiger partial charge in [-0.15, -0.1) is 0 Å². The molecule has 1 aromatic carbocycles. The van der Waals surface area contributed by atoms with Crippen LogP contribution < -0.4 is 10.1 Å². The minimum absolute atomic E-state index is 0.258. The highest BCUT2D eigenvalue weighted by Gasteiger charge is 1.98. The summed E-state index contributed by atoms with van der Waals surface area (Å²) in [7, 11) is 0. The van der Waals surface area contributed by atoms with Crippen molar-refractivity contribution in [1.82, 2.24) is 5.32 Å². The van der Waals surface area contributed by atoms with Crippen LogP contribution in [0.3, 0.4) is 0 Å². The lowest BCUT2D eigenvalue weighted by Gasteiger charge is -2.10. The van der Waals surface area contributed by atoms with Crippen molar-refractivity contribution in [1.29, 1.82) is 0 Å². The van der Waals surface area contributed by atoms with Gasteiger partial charge in [0.05, 0.1) is 25.9 Å². The molecule has 120 valence electrons. The van der Waals surface area contributed by atoms with Gasteiger partial charge in [0.1, 0.15) is 12.4 Å². The van der Waals surface area contributed by atoms with Gasteiger partial charge in [-0.25, -0.2) is 0 Å². The molecule has 0 atom stereocenters. The Morgan fingerprint density at radius 2 is 1.90 bits per heavy atom. The Balaban J connectivity index is 2.12. The second-order valence-corrected chi connectivity index (χ2v) is 5.20. The molecule has 0 saturated heterocycles. The number of nitrogens with one attached hydrogen (secondary N) is 1. The van der Waals surface area contributed by atoms with Gasteiger partial charge in [-0.2, -0.15) is 0 Å². The van der Waals surface area contributed by atoms with Crippen molar-refractivity contribution in [3.05, 3.63) is 29.8 Å². The van der Waals surface area contributed by atoms with E-state index in [0.717, 1.165) is 25.3 Å². The zero-order chi connectivity index (χ0) is 15.3. The summed E-state index contributed by atoms with van der Waals surface area (Å²) < 4.78 is 16.5. The second kappa shape index (κ2) is 11.5. The molecule has 1 N–H and O–H groups in total. The van der Waals surface area contributed by atoms with Crippen LogP contribution in [0.4, 0.5) is 0 Å². The largest absolute Gasteiger partial charge is 0.491 e. The van der Waals surface area contributed by atoms with Crippen LogP contribution >= 0.6 is 0 Å². The fourth-order valence-corrected chi connectivity index (χ4v) is 1.82. The van der Waals surface area contributed by atoms with Gasteiger partial charge in [0.25, 0.3) is 0 Å². The summed E-state index contributed by atoms with van der Waals surface area (Å²) in [4.78, 5) is 0. The molecular formula is C17H29NO3. The van der Waals surface area contributed by atoms with E-state index < -0.39 is 0 Å². The summed E-state index contributed by atoms with van der Waals surface area (Å²) in [6, 6.07) is 8.18. The van der Waals surface area contributed by atoms with Gasteiger partial charge in [0.2, 0.25) is 0 Å². The monoisotopic (exact) mass is 295 g/mol. The van der Waals surface area contributed by atoms with Crippen molar-refractivity contribution in [3.63, 3.8) is 0 Å². The average molecular weight is 295 g/mol. The molecule has 0 aliphatic rings. The summed E-state index contributed by atoms with van der Waals surface area (Å²) in [5, 5.41) is 3.38. The first kappa shape index (κ1) is 18.0. The van der Waals surface area contributed by atoms with Crippen molar-refractivity contribution in [2.24, 2.45) is 0 Å². The highest BCUT2D eigenvalue weighted by molar-refractivity contribution is 5.28. The Hall–Kier alpha value is -1.10.